The molecule has 1 atom stereocenters. The highest BCUT2D eigenvalue weighted by molar-refractivity contribution is 5.82. The summed E-state index contributed by atoms with van der Waals surface area (Å²) in [6.07, 6.45) is 0. The first kappa shape index (κ1) is 9.70. The van der Waals surface area contributed by atoms with E-state index in [4.69, 9.17) is 5.21 Å². The third-order valence-corrected chi connectivity index (χ3v) is 1.79. The quantitative estimate of drug-likeness (QED) is 0.467. The largest absolute Gasteiger partial charge is 0.305 e. The standard InChI is InChI=1S/C9H12N2O2/c1-10-8(9(12)11-13)7-5-3-2-4-6-7/h2-6,8,10,13H,1H3,(H,11,12). The fourth-order valence-electron chi connectivity index (χ4n) is 1.16. The number of nitrogens with one attached hydrogen (secondary N) is 2. The molecule has 0 aliphatic carbocycles. The van der Waals surface area contributed by atoms with Crippen molar-refractivity contribution in [1.82, 2.24) is 10.8 Å². The summed E-state index contributed by atoms with van der Waals surface area (Å²) >= 11 is 0. The number of amides is 1. The van der Waals surface area contributed by atoms with E-state index >= 15 is 0 Å². The van der Waals surface area contributed by atoms with Gasteiger partial charge in [0.15, 0.2) is 0 Å². The molecule has 0 bridgehead atoms. The molecular formula is C9H12N2O2. The molecule has 4 nitrogen and oxygen atoms in total. The highest BCUT2D eigenvalue weighted by Crippen LogP contribution is 2.11. The summed E-state index contributed by atoms with van der Waals surface area (Å²) in [7, 11) is 1.66. The summed E-state index contributed by atoms with van der Waals surface area (Å²) in [4.78, 5) is 11.1. The maximum absolute atomic E-state index is 11.1. The fourth-order valence-corrected chi connectivity index (χ4v) is 1.16. The van der Waals surface area contributed by atoms with Gasteiger partial charge in [-0.15, -0.1) is 0 Å². The van der Waals surface area contributed by atoms with Crippen LogP contribution in [0, 0.1) is 0 Å². The fraction of sp³-hybridized carbons (Fsp3) is 0.222. The molecule has 1 unspecified atom stereocenters. The van der Waals surface area contributed by atoms with Gasteiger partial charge in [0.1, 0.15) is 6.04 Å². The average Bonchev–Trinajstić information content (AvgIpc) is 2.20. The van der Waals surface area contributed by atoms with Crippen molar-refractivity contribution in [3.05, 3.63) is 35.9 Å². The molecule has 0 saturated carbocycles. The van der Waals surface area contributed by atoms with Crippen molar-refractivity contribution in [2.75, 3.05) is 7.05 Å². The number of rotatable bonds is 3. The van der Waals surface area contributed by atoms with E-state index in [2.05, 4.69) is 5.32 Å². The summed E-state index contributed by atoms with van der Waals surface area (Å²) in [5.41, 5.74) is 2.43. The van der Waals surface area contributed by atoms with Crippen LogP contribution in [0.3, 0.4) is 0 Å². The SMILES string of the molecule is CNC(C(=O)NO)c1ccccc1. The molecule has 1 aromatic rings. The zero-order chi connectivity index (χ0) is 9.68. The van der Waals surface area contributed by atoms with E-state index in [1.54, 1.807) is 12.5 Å². The van der Waals surface area contributed by atoms with Crippen molar-refractivity contribution in [1.29, 1.82) is 0 Å². The Hall–Kier alpha value is -1.39. The average molecular weight is 180 g/mol. The molecule has 1 rings (SSSR count). The van der Waals surface area contributed by atoms with Crippen LogP contribution in [0.4, 0.5) is 0 Å². The second kappa shape index (κ2) is 4.59. The first-order chi connectivity index (χ1) is 6.29. The van der Waals surface area contributed by atoms with Crippen LogP contribution in [-0.2, 0) is 4.79 Å². The molecule has 3 N–H and O–H groups in total. The second-order valence-electron chi connectivity index (χ2n) is 2.61. The first-order valence-electron chi connectivity index (χ1n) is 3.95. The van der Waals surface area contributed by atoms with Gasteiger partial charge in [0.25, 0.3) is 5.91 Å². The van der Waals surface area contributed by atoms with E-state index in [9.17, 15) is 4.79 Å². The lowest BCUT2D eigenvalue weighted by Gasteiger charge is -2.13. The minimum atomic E-state index is -0.508. The molecule has 1 aromatic carbocycles. The first-order valence-corrected chi connectivity index (χ1v) is 3.95. The summed E-state index contributed by atoms with van der Waals surface area (Å²) in [5, 5.41) is 11.3. The minimum Gasteiger partial charge on any atom is -0.305 e. The Balaban J connectivity index is 2.85. The van der Waals surface area contributed by atoms with Crippen LogP contribution in [0.2, 0.25) is 0 Å². The zero-order valence-corrected chi connectivity index (χ0v) is 7.32. The highest BCUT2D eigenvalue weighted by Gasteiger charge is 2.16. The van der Waals surface area contributed by atoms with Gasteiger partial charge in [0.2, 0.25) is 0 Å². The third kappa shape index (κ3) is 2.27. The van der Waals surface area contributed by atoms with Gasteiger partial charge in [-0.25, -0.2) is 5.48 Å². The van der Waals surface area contributed by atoms with Crippen LogP contribution in [-0.4, -0.2) is 18.2 Å². The van der Waals surface area contributed by atoms with Gasteiger partial charge in [-0.05, 0) is 12.6 Å². The Labute approximate surface area is 76.5 Å². The molecule has 0 spiro atoms. The number of hydrogen-bond acceptors (Lipinski definition) is 3. The molecule has 4 heteroatoms. The van der Waals surface area contributed by atoms with Crippen LogP contribution in [0.25, 0.3) is 0 Å². The molecule has 0 aliphatic rings. The molecule has 13 heavy (non-hydrogen) atoms. The lowest BCUT2D eigenvalue weighted by atomic mass is 10.1. The molecular weight excluding hydrogens is 168 g/mol. The summed E-state index contributed by atoms with van der Waals surface area (Å²) < 4.78 is 0. The van der Waals surface area contributed by atoms with Crippen LogP contribution in [0.1, 0.15) is 11.6 Å². The van der Waals surface area contributed by atoms with E-state index in [1.165, 1.54) is 0 Å². The normalized spacial score (nSPS) is 12.2. The summed E-state index contributed by atoms with van der Waals surface area (Å²) in [6, 6.07) is 8.67. The van der Waals surface area contributed by atoms with Crippen molar-refractivity contribution in [3.63, 3.8) is 0 Å². The Kier molecular flexibility index (Phi) is 3.42. The van der Waals surface area contributed by atoms with E-state index < -0.39 is 11.9 Å². The number of carbonyl (C=O) groups is 1. The maximum atomic E-state index is 11.1. The predicted octanol–water partition coefficient (Wildman–Crippen LogP) is 0.452. The van der Waals surface area contributed by atoms with Crippen LogP contribution < -0.4 is 10.8 Å². The van der Waals surface area contributed by atoms with E-state index in [0.717, 1.165) is 5.56 Å². The molecule has 0 fully saturated rings. The topological polar surface area (TPSA) is 61.4 Å². The van der Waals surface area contributed by atoms with Crippen molar-refractivity contribution in [3.8, 4) is 0 Å². The molecule has 0 aromatic heterocycles. The number of hydrogen-bond donors (Lipinski definition) is 3. The van der Waals surface area contributed by atoms with Crippen molar-refractivity contribution in [2.24, 2.45) is 0 Å². The van der Waals surface area contributed by atoms with Crippen molar-refractivity contribution >= 4 is 5.91 Å². The maximum Gasteiger partial charge on any atom is 0.265 e. The van der Waals surface area contributed by atoms with E-state index in [1.807, 2.05) is 30.3 Å². The van der Waals surface area contributed by atoms with Gasteiger partial charge in [-0.1, -0.05) is 30.3 Å². The third-order valence-electron chi connectivity index (χ3n) is 1.79. The van der Waals surface area contributed by atoms with Gasteiger partial charge in [-0.3, -0.25) is 10.0 Å². The van der Waals surface area contributed by atoms with Crippen LogP contribution in [0.5, 0.6) is 0 Å². The van der Waals surface area contributed by atoms with Gasteiger partial charge < -0.3 is 5.32 Å². The van der Waals surface area contributed by atoms with Crippen molar-refractivity contribution in [2.45, 2.75) is 6.04 Å². The van der Waals surface area contributed by atoms with Gasteiger partial charge >= 0.3 is 0 Å². The minimum absolute atomic E-state index is 0.464. The van der Waals surface area contributed by atoms with E-state index in [0.29, 0.717) is 0 Å². The highest BCUT2D eigenvalue weighted by atomic mass is 16.5. The molecule has 0 saturated heterocycles. The second-order valence-corrected chi connectivity index (χ2v) is 2.61. The van der Waals surface area contributed by atoms with Crippen LogP contribution >= 0.6 is 0 Å². The van der Waals surface area contributed by atoms with Gasteiger partial charge in [-0.2, -0.15) is 0 Å². The number of hydroxylamine groups is 1. The predicted molar refractivity (Wildman–Crippen MR) is 48.2 cm³/mol. The van der Waals surface area contributed by atoms with Crippen molar-refractivity contribution < 1.29 is 10.0 Å². The van der Waals surface area contributed by atoms with Crippen LogP contribution in [0.15, 0.2) is 30.3 Å². The monoisotopic (exact) mass is 180 g/mol. The van der Waals surface area contributed by atoms with E-state index in [-0.39, 0.29) is 0 Å². The Bertz CT molecular complexity index is 274. The molecule has 0 heterocycles. The molecule has 0 aliphatic heterocycles. The van der Waals surface area contributed by atoms with Gasteiger partial charge in [0, 0.05) is 0 Å². The Morgan fingerprint density at radius 2 is 2.00 bits per heavy atom. The molecule has 70 valence electrons. The van der Waals surface area contributed by atoms with Gasteiger partial charge in [0.05, 0.1) is 0 Å². The summed E-state index contributed by atoms with van der Waals surface area (Å²) in [5.74, 6) is -0.464. The lowest BCUT2D eigenvalue weighted by molar-refractivity contribution is -0.131. The molecule has 0 radical (unpaired) electrons. The number of carbonyl (C=O) groups excluding carboxylic acids is 1. The Morgan fingerprint density at radius 1 is 1.38 bits per heavy atom. The molecule has 1 amide bonds. The smallest absolute Gasteiger partial charge is 0.265 e. The summed E-state index contributed by atoms with van der Waals surface area (Å²) in [6.45, 7) is 0. The zero-order valence-electron chi connectivity index (χ0n) is 7.32. The number of likely N-dealkylation sites (N-methyl/N-ethyl adjacent to an activating group) is 1. The lowest BCUT2D eigenvalue weighted by Crippen LogP contribution is -2.34. The Morgan fingerprint density at radius 3 is 2.46 bits per heavy atom. The number of benzene rings is 1.